The van der Waals surface area contributed by atoms with Gasteiger partial charge >= 0.3 is 0 Å². The van der Waals surface area contributed by atoms with E-state index in [1.54, 1.807) is 19.1 Å². The van der Waals surface area contributed by atoms with Gasteiger partial charge < -0.3 is 10.6 Å². The predicted octanol–water partition coefficient (Wildman–Crippen LogP) is 3.34. The molecule has 0 unspecified atom stereocenters. The first kappa shape index (κ1) is 15.5. The summed E-state index contributed by atoms with van der Waals surface area (Å²) in [6.07, 6.45) is 0. The number of nitrogens with one attached hydrogen (secondary N) is 2. The van der Waals surface area contributed by atoms with Crippen molar-refractivity contribution in [1.82, 2.24) is 0 Å². The van der Waals surface area contributed by atoms with Gasteiger partial charge in [-0.2, -0.15) is 0 Å². The topological polar surface area (TPSA) is 84.3 Å². The fourth-order valence-electron chi connectivity index (χ4n) is 2.00. The van der Waals surface area contributed by atoms with Crippen LogP contribution in [-0.4, -0.2) is 16.9 Å². The molecule has 0 heterocycles. The van der Waals surface area contributed by atoms with Crippen molar-refractivity contribution in [1.29, 1.82) is 0 Å². The highest BCUT2D eigenvalue weighted by Crippen LogP contribution is 2.18. The Morgan fingerprint density at radius 1 is 1.14 bits per heavy atom. The number of aryl methyl sites for hydroxylation is 1. The lowest BCUT2D eigenvalue weighted by Crippen LogP contribution is -2.31. The number of carbonyl (C=O) groups excluding carboxylic acids is 1. The average Bonchev–Trinajstić information content (AvgIpc) is 2.47. The monoisotopic (exact) mass is 299 g/mol. The van der Waals surface area contributed by atoms with Crippen LogP contribution in [0.5, 0.6) is 0 Å². The number of non-ortho nitro benzene ring substituents is 1. The Balaban J connectivity index is 2.02. The molecule has 0 fully saturated rings. The molecule has 0 saturated heterocycles. The summed E-state index contributed by atoms with van der Waals surface area (Å²) in [5.41, 5.74) is 2.28. The Kier molecular flexibility index (Phi) is 4.73. The zero-order valence-electron chi connectivity index (χ0n) is 12.4. The molecular formula is C16H17N3O3. The summed E-state index contributed by atoms with van der Waals surface area (Å²) in [5, 5.41) is 16.5. The van der Waals surface area contributed by atoms with E-state index in [-0.39, 0.29) is 11.6 Å². The Labute approximate surface area is 128 Å². The molecule has 114 valence electrons. The van der Waals surface area contributed by atoms with Gasteiger partial charge in [0.05, 0.1) is 4.92 Å². The van der Waals surface area contributed by atoms with Gasteiger partial charge in [0, 0.05) is 23.5 Å². The first-order valence-electron chi connectivity index (χ1n) is 6.84. The third-order valence-corrected chi connectivity index (χ3v) is 3.12. The molecule has 0 radical (unpaired) electrons. The van der Waals surface area contributed by atoms with Crippen molar-refractivity contribution in [3.05, 3.63) is 64.2 Å². The number of hydrogen-bond donors (Lipinski definition) is 2. The van der Waals surface area contributed by atoms with Crippen LogP contribution in [0.3, 0.4) is 0 Å². The van der Waals surface area contributed by atoms with Gasteiger partial charge in [-0.05, 0) is 37.6 Å². The second kappa shape index (κ2) is 6.71. The van der Waals surface area contributed by atoms with Crippen molar-refractivity contribution in [2.45, 2.75) is 19.9 Å². The minimum absolute atomic E-state index is 0.0173. The number of nitrogens with zero attached hydrogens (tertiary/aromatic N) is 1. The van der Waals surface area contributed by atoms with Crippen LogP contribution in [0.15, 0.2) is 48.5 Å². The van der Waals surface area contributed by atoms with Crippen LogP contribution in [0.2, 0.25) is 0 Å². The largest absolute Gasteiger partial charge is 0.374 e. The van der Waals surface area contributed by atoms with Gasteiger partial charge in [-0.15, -0.1) is 0 Å². The molecule has 0 saturated carbocycles. The summed E-state index contributed by atoms with van der Waals surface area (Å²) in [7, 11) is 0. The third kappa shape index (κ3) is 4.05. The first-order valence-corrected chi connectivity index (χ1v) is 6.84. The van der Waals surface area contributed by atoms with Crippen molar-refractivity contribution < 1.29 is 9.72 Å². The summed E-state index contributed by atoms with van der Waals surface area (Å²) < 4.78 is 0. The fourth-order valence-corrected chi connectivity index (χ4v) is 2.00. The van der Waals surface area contributed by atoms with Crippen molar-refractivity contribution in [3.63, 3.8) is 0 Å². The van der Waals surface area contributed by atoms with Crippen molar-refractivity contribution >= 4 is 23.0 Å². The Bertz CT molecular complexity index is 701. The van der Waals surface area contributed by atoms with Crippen LogP contribution in [0.4, 0.5) is 17.1 Å². The molecule has 6 nitrogen and oxygen atoms in total. The number of benzene rings is 2. The highest BCUT2D eigenvalue weighted by molar-refractivity contribution is 5.96. The van der Waals surface area contributed by atoms with Crippen LogP contribution in [-0.2, 0) is 4.79 Å². The number of nitro benzene ring substituents is 1. The summed E-state index contributed by atoms with van der Waals surface area (Å²) in [4.78, 5) is 22.4. The van der Waals surface area contributed by atoms with E-state index in [0.29, 0.717) is 5.69 Å². The molecular weight excluding hydrogens is 282 g/mol. The maximum atomic E-state index is 12.1. The molecule has 22 heavy (non-hydrogen) atoms. The van der Waals surface area contributed by atoms with E-state index in [0.717, 1.165) is 11.3 Å². The van der Waals surface area contributed by atoms with Crippen LogP contribution in [0, 0.1) is 17.0 Å². The molecule has 1 atom stereocenters. The molecule has 2 rings (SSSR count). The summed E-state index contributed by atoms with van der Waals surface area (Å²) in [6, 6.07) is 13.0. The maximum Gasteiger partial charge on any atom is 0.271 e. The van der Waals surface area contributed by atoms with E-state index in [1.807, 2.05) is 31.2 Å². The minimum atomic E-state index is -0.525. The zero-order chi connectivity index (χ0) is 16.1. The molecule has 2 N–H and O–H groups in total. The average molecular weight is 299 g/mol. The van der Waals surface area contributed by atoms with Crippen LogP contribution < -0.4 is 10.6 Å². The zero-order valence-corrected chi connectivity index (χ0v) is 12.4. The fraction of sp³-hybridized carbons (Fsp3) is 0.188. The first-order chi connectivity index (χ1) is 10.5. The van der Waals surface area contributed by atoms with E-state index in [2.05, 4.69) is 10.6 Å². The van der Waals surface area contributed by atoms with E-state index < -0.39 is 11.0 Å². The second-order valence-corrected chi connectivity index (χ2v) is 5.03. The third-order valence-electron chi connectivity index (χ3n) is 3.12. The second-order valence-electron chi connectivity index (χ2n) is 5.03. The van der Waals surface area contributed by atoms with Crippen molar-refractivity contribution in [2.24, 2.45) is 0 Å². The quantitative estimate of drug-likeness (QED) is 0.655. The number of amides is 1. The molecule has 0 aliphatic carbocycles. The SMILES string of the molecule is Cc1cccc(NC(=O)[C@H](C)Nc2cccc([N+](=O)[O-])c2)c1. The van der Waals surface area contributed by atoms with Crippen molar-refractivity contribution in [3.8, 4) is 0 Å². The molecule has 0 aromatic heterocycles. The summed E-state index contributed by atoms with van der Waals surface area (Å²) in [6.45, 7) is 3.64. The Hall–Kier alpha value is -2.89. The van der Waals surface area contributed by atoms with Gasteiger partial charge in [-0.25, -0.2) is 0 Å². The number of rotatable bonds is 5. The molecule has 0 bridgehead atoms. The summed E-state index contributed by atoms with van der Waals surface area (Å²) in [5.74, 6) is -0.211. The molecule has 0 aliphatic heterocycles. The highest BCUT2D eigenvalue weighted by atomic mass is 16.6. The van der Waals surface area contributed by atoms with Gasteiger partial charge in [0.15, 0.2) is 0 Å². The number of nitro groups is 1. The normalized spacial score (nSPS) is 11.5. The molecule has 1 amide bonds. The van der Waals surface area contributed by atoms with Gasteiger partial charge in [0.1, 0.15) is 6.04 Å². The highest BCUT2D eigenvalue weighted by Gasteiger charge is 2.14. The Morgan fingerprint density at radius 2 is 1.82 bits per heavy atom. The molecule has 0 spiro atoms. The van der Waals surface area contributed by atoms with E-state index in [1.165, 1.54) is 12.1 Å². The summed E-state index contributed by atoms with van der Waals surface area (Å²) >= 11 is 0. The maximum absolute atomic E-state index is 12.1. The predicted molar refractivity (Wildman–Crippen MR) is 86.0 cm³/mol. The lowest BCUT2D eigenvalue weighted by Gasteiger charge is -2.15. The van der Waals surface area contributed by atoms with E-state index >= 15 is 0 Å². The number of hydrogen-bond acceptors (Lipinski definition) is 4. The Morgan fingerprint density at radius 3 is 2.50 bits per heavy atom. The molecule has 0 aliphatic rings. The van der Waals surface area contributed by atoms with Gasteiger partial charge in [0.2, 0.25) is 5.91 Å². The van der Waals surface area contributed by atoms with Gasteiger partial charge in [-0.3, -0.25) is 14.9 Å². The smallest absolute Gasteiger partial charge is 0.271 e. The van der Waals surface area contributed by atoms with Crippen LogP contribution in [0.25, 0.3) is 0 Å². The lowest BCUT2D eigenvalue weighted by molar-refractivity contribution is -0.384. The van der Waals surface area contributed by atoms with Crippen LogP contribution in [0.1, 0.15) is 12.5 Å². The number of carbonyl (C=O) groups is 1. The molecule has 2 aromatic rings. The van der Waals surface area contributed by atoms with E-state index in [9.17, 15) is 14.9 Å². The van der Waals surface area contributed by atoms with E-state index in [4.69, 9.17) is 0 Å². The molecule has 6 heteroatoms. The number of anilines is 2. The van der Waals surface area contributed by atoms with Crippen LogP contribution >= 0.6 is 0 Å². The van der Waals surface area contributed by atoms with Gasteiger partial charge in [-0.1, -0.05) is 18.2 Å². The van der Waals surface area contributed by atoms with Gasteiger partial charge in [0.25, 0.3) is 5.69 Å². The standard InChI is InChI=1S/C16H17N3O3/c1-11-5-3-6-13(9-11)18-16(20)12(2)17-14-7-4-8-15(10-14)19(21)22/h3-10,12,17H,1-2H3,(H,18,20)/t12-/m0/s1. The van der Waals surface area contributed by atoms with Crippen molar-refractivity contribution in [2.75, 3.05) is 10.6 Å². The minimum Gasteiger partial charge on any atom is -0.374 e. The lowest BCUT2D eigenvalue weighted by atomic mass is 10.2. The molecule has 2 aromatic carbocycles.